The normalized spacial score (nSPS) is 25.1. The fourth-order valence-electron chi connectivity index (χ4n) is 4.34. The molecule has 8 heteroatoms. The van der Waals surface area contributed by atoms with Crippen LogP contribution >= 0.6 is 28.1 Å². The molecule has 0 unspecified atom stereocenters. The first-order valence-corrected chi connectivity index (χ1v) is 12.0. The number of aromatic nitrogens is 3. The van der Waals surface area contributed by atoms with Crippen LogP contribution in [0.15, 0.2) is 40.0 Å². The van der Waals surface area contributed by atoms with Gasteiger partial charge in [-0.3, -0.25) is 9.78 Å². The summed E-state index contributed by atoms with van der Waals surface area (Å²) >= 11 is 8.90. The Morgan fingerprint density at radius 3 is 2.65 bits per heavy atom. The zero-order valence-electron chi connectivity index (χ0n) is 18.9. The lowest BCUT2D eigenvalue weighted by atomic mass is 9.58. The maximum atomic E-state index is 12.9. The number of anilines is 1. The van der Waals surface area contributed by atoms with Crippen LogP contribution in [0.5, 0.6) is 0 Å². The van der Waals surface area contributed by atoms with Gasteiger partial charge >= 0.3 is 0 Å². The molecule has 2 heterocycles. The van der Waals surface area contributed by atoms with Crippen LogP contribution in [0.2, 0.25) is 0 Å². The topological polar surface area (TPSA) is 71.8 Å². The minimum atomic E-state index is -0.192. The molecule has 2 N–H and O–H groups in total. The van der Waals surface area contributed by atoms with Crippen LogP contribution in [0.25, 0.3) is 0 Å². The molecule has 0 spiro atoms. The van der Waals surface area contributed by atoms with Gasteiger partial charge < -0.3 is 10.6 Å². The standard InChI is InChI=1S/C23H32BrN5OS/c1-14-10-18(15(2)16(3)23(14,4)5)28-19-12-27-29(22(30)21(19)24)13-20(31)26-11-17-6-8-25-9-7-17/h6-9,12,14-16,18,28H,10-11,13H2,1-5H3,(H,26,31)/t14-,15+,16+,18+/m0/s1. The quantitative estimate of drug-likeness (QED) is 0.557. The van der Waals surface area contributed by atoms with Crippen molar-refractivity contribution in [3.8, 4) is 0 Å². The molecule has 0 aliphatic heterocycles. The molecule has 0 radical (unpaired) electrons. The van der Waals surface area contributed by atoms with Crippen LogP contribution in [-0.4, -0.2) is 25.8 Å². The molecule has 0 amide bonds. The minimum absolute atomic E-state index is 0.192. The van der Waals surface area contributed by atoms with E-state index in [-0.39, 0.29) is 12.1 Å². The van der Waals surface area contributed by atoms with E-state index in [0.29, 0.717) is 45.2 Å². The highest BCUT2D eigenvalue weighted by Gasteiger charge is 2.43. The molecule has 0 bridgehead atoms. The third-order valence-electron chi connectivity index (χ3n) is 7.33. The summed E-state index contributed by atoms with van der Waals surface area (Å²) in [5.74, 6) is 1.65. The molecule has 1 fully saturated rings. The van der Waals surface area contributed by atoms with E-state index < -0.39 is 0 Å². The molecule has 3 rings (SSSR count). The molecule has 6 nitrogen and oxygen atoms in total. The Morgan fingerprint density at radius 1 is 1.29 bits per heavy atom. The fraction of sp³-hybridized carbons (Fsp3) is 0.565. The number of hydrogen-bond acceptors (Lipinski definition) is 5. The summed E-state index contributed by atoms with van der Waals surface area (Å²) in [6.07, 6.45) is 6.27. The first-order valence-electron chi connectivity index (χ1n) is 10.8. The van der Waals surface area contributed by atoms with Gasteiger partial charge in [0.2, 0.25) is 0 Å². The molecule has 0 saturated heterocycles. The van der Waals surface area contributed by atoms with Gasteiger partial charge in [0.25, 0.3) is 5.56 Å². The second kappa shape index (κ2) is 9.77. The van der Waals surface area contributed by atoms with Crippen molar-refractivity contribution in [2.75, 3.05) is 5.32 Å². The summed E-state index contributed by atoms with van der Waals surface area (Å²) < 4.78 is 1.88. The highest BCUT2D eigenvalue weighted by atomic mass is 79.9. The molecule has 168 valence electrons. The van der Waals surface area contributed by atoms with Gasteiger partial charge in [-0.15, -0.1) is 0 Å². The second-order valence-electron chi connectivity index (χ2n) is 9.32. The lowest BCUT2D eigenvalue weighted by molar-refractivity contribution is 0.0316. The van der Waals surface area contributed by atoms with Crippen molar-refractivity contribution >= 4 is 38.8 Å². The van der Waals surface area contributed by atoms with Crippen molar-refractivity contribution in [3.05, 3.63) is 51.1 Å². The first kappa shape index (κ1) is 23.9. The van der Waals surface area contributed by atoms with Crippen molar-refractivity contribution in [1.82, 2.24) is 20.1 Å². The predicted molar refractivity (Wildman–Crippen MR) is 133 cm³/mol. The highest BCUT2D eigenvalue weighted by Crippen LogP contribution is 2.48. The minimum Gasteiger partial charge on any atom is -0.380 e. The van der Waals surface area contributed by atoms with E-state index >= 15 is 0 Å². The number of pyridine rings is 1. The number of nitrogens with zero attached hydrogens (tertiary/aromatic N) is 3. The maximum absolute atomic E-state index is 12.9. The Hall–Kier alpha value is -1.80. The molecular formula is C23H32BrN5OS. The molecule has 0 aromatic carbocycles. The number of thiocarbonyl (C=S) groups is 1. The van der Waals surface area contributed by atoms with Gasteiger partial charge in [0.15, 0.2) is 0 Å². The van der Waals surface area contributed by atoms with Crippen LogP contribution in [-0.2, 0) is 13.1 Å². The van der Waals surface area contributed by atoms with E-state index in [1.165, 1.54) is 4.68 Å². The van der Waals surface area contributed by atoms with Crippen LogP contribution < -0.4 is 16.2 Å². The van der Waals surface area contributed by atoms with Crippen LogP contribution in [0, 0.1) is 23.2 Å². The molecule has 1 aliphatic rings. The maximum Gasteiger partial charge on any atom is 0.283 e. The molecule has 2 aromatic rings. The van der Waals surface area contributed by atoms with E-state index in [1.54, 1.807) is 18.6 Å². The molecule has 2 aromatic heterocycles. The van der Waals surface area contributed by atoms with Gasteiger partial charge in [0, 0.05) is 25.0 Å². The third kappa shape index (κ3) is 5.34. The number of rotatable bonds is 6. The Balaban J connectivity index is 1.66. The Labute approximate surface area is 198 Å². The zero-order valence-corrected chi connectivity index (χ0v) is 21.3. The van der Waals surface area contributed by atoms with Gasteiger partial charge in [0.1, 0.15) is 4.47 Å². The second-order valence-corrected chi connectivity index (χ2v) is 10.6. The average molecular weight is 507 g/mol. The number of hydrogen-bond donors (Lipinski definition) is 2. The van der Waals surface area contributed by atoms with Gasteiger partial charge in [0.05, 0.1) is 23.4 Å². The summed E-state index contributed by atoms with van der Waals surface area (Å²) in [6.45, 7) is 12.5. The Morgan fingerprint density at radius 2 is 1.97 bits per heavy atom. The van der Waals surface area contributed by atoms with Gasteiger partial charge in [-0.25, -0.2) is 4.68 Å². The summed E-state index contributed by atoms with van der Waals surface area (Å²) in [5, 5.41) is 11.1. The van der Waals surface area contributed by atoms with E-state index in [2.05, 4.69) is 71.3 Å². The SMILES string of the molecule is C[C@@H]1[C@@H](C)C(C)(C)[C@@H](C)C[C@H]1Nc1cnn(CC(=S)NCc2ccncc2)c(=O)c1Br. The largest absolute Gasteiger partial charge is 0.380 e. The van der Waals surface area contributed by atoms with Crippen LogP contribution in [0.1, 0.15) is 46.6 Å². The lowest BCUT2D eigenvalue weighted by Gasteiger charge is -2.50. The van der Waals surface area contributed by atoms with Gasteiger partial charge in [-0.05, 0) is 63.2 Å². The van der Waals surface area contributed by atoms with E-state index in [9.17, 15) is 4.79 Å². The smallest absolute Gasteiger partial charge is 0.283 e. The summed E-state index contributed by atoms with van der Waals surface area (Å²) in [5.41, 5.74) is 1.93. The number of nitrogens with one attached hydrogen (secondary N) is 2. The van der Waals surface area contributed by atoms with Gasteiger partial charge in [-0.2, -0.15) is 5.10 Å². The molecule has 1 saturated carbocycles. The van der Waals surface area contributed by atoms with Crippen LogP contribution in [0.3, 0.4) is 0 Å². The van der Waals surface area contributed by atoms with Crippen molar-refractivity contribution in [2.45, 2.75) is 60.2 Å². The average Bonchev–Trinajstić information content (AvgIpc) is 2.75. The van der Waals surface area contributed by atoms with Crippen LogP contribution in [0.4, 0.5) is 5.69 Å². The van der Waals surface area contributed by atoms with Crippen molar-refractivity contribution in [2.24, 2.45) is 23.2 Å². The lowest BCUT2D eigenvalue weighted by Crippen LogP contribution is -2.48. The Kier molecular flexibility index (Phi) is 7.52. The van der Waals surface area contributed by atoms with Gasteiger partial charge in [-0.1, -0.05) is 46.8 Å². The van der Waals surface area contributed by atoms with E-state index in [0.717, 1.165) is 17.7 Å². The zero-order chi connectivity index (χ0) is 22.8. The fourth-order valence-corrected chi connectivity index (χ4v) is 4.95. The highest BCUT2D eigenvalue weighted by molar-refractivity contribution is 9.10. The first-order chi connectivity index (χ1) is 14.6. The monoisotopic (exact) mass is 505 g/mol. The molecule has 31 heavy (non-hydrogen) atoms. The summed E-state index contributed by atoms with van der Waals surface area (Å²) in [4.78, 5) is 17.4. The molecule has 4 atom stereocenters. The molecule has 1 aliphatic carbocycles. The van der Waals surface area contributed by atoms with Crippen molar-refractivity contribution < 1.29 is 0 Å². The number of halogens is 1. The van der Waals surface area contributed by atoms with E-state index in [1.807, 2.05) is 12.1 Å². The summed E-state index contributed by atoms with van der Waals surface area (Å²) in [6, 6.07) is 4.15. The predicted octanol–water partition coefficient (Wildman–Crippen LogP) is 4.64. The summed E-state index contributed by atoms with van der Waals surface area (Å²) in [7, 11) is 0. The Bertz CT molecular complexity index is 978. The van der Waals surface area contributed by atoms with E-state index in [4.69, 9.17) is 12.2 Å². The molecular weight excluding hydrogens is 474 g/mol. The van der Waals surface area contributed by atoms with Crippen molar-refractivity contribution in [1.29, 1.82) is 0 Å². The van der Waals surface area contributed by atoms with Crippen molar-refractivity contribution in [3.63, 3.8) is 0 Å². The third-order valence-corrected chi connectivity index (χ3v) is 8.37.